The molecular formula is C14H24O3. The molecule has 2 aliphatic rings. The van der Waals surface area contributed by atoms with E-state index in [1.54, 1.807) is 0 Å². The first-order valence-corrected chi connectivity index (χ1v) is 6.67. The van der Waals surface area contributed by atoms with Crippen LogP contribution in [0, 0.1) is 16.7 Å². The Labute approximate surface area is 104 Å². The van der Waals surface area contributed by atoms with Crippen molar-refractivity contribution in [2.75, 3.05) is 7.11 Å². The Balaban J connectivity index is 2.08. The maximum Gasteiger partial charge on any atom is 0.335 e. The predicted octanol–water partition coefficient (Wildman–Crippen LogP) is 2.52. The van der Waals surface area contributed by atoms with Gasteiger partial charge in [-0.3, -0.25) is 0 Å². The molecular weight excluding hydrogens is 216 g/mol. The second-order valence-electron chi connectivity index (χ2n) is 6.62. The number of rotatable bonds is 3. The number of aliphatic hydroxyl groups excluding tert-OH is 1. The highest BCUT2D eigenvalue weighted by Gasteiger charge is 2.58. The Bertz CT molecular complexity index is 305. The Morgan fingerprint density at radius 3 is 2.47 bits per heavy atom. The first-order valence-electron chi connectivity index (χ1n) is 6.67. The Morgan fingerprint density at radius 1 is 1.35 bits per heavy atom. The summed E-state index contributed by atoms with van der Waals surface area (Å²) in [5.74, 6) is 0.0335. The molecule has 2 atom stereocenters. The smallest absolute Gasteiger partial charge is 0.335 e. The van der Waals surface area contributed by atoms with Crippen molar-refractivity contribution in [2.24, 2.45) is 16.7 Å². The lowest BCUT2D eigenvalue weighted by Crippen LogP contribution is -2.40. The quantitative estimate of drug-likeness (QED) is 0.771. The normalized spacial score (nSPS) is 31.6. The van der Waals surface area contributed by atoms with Crippen LogP contribution in [0.5, 0.6) is 0 Å². The lowest BCUT2D eigenvalue weighted by Gasteiger charge is -2.40. The second-order valence-corrected chi connectivity index (χ2v) is 6.62. The van der Waals surface area contributed by atoms with Gasteiger partial charge in [-0.1, -0.05) is 20.3 Å². The molecule has 0 radical (unpaired) electrons. The molecule has 3 nitrogen and oxygen atoms in total. The molecule has 0 aromatic heterocycles. The van der Waals surface area contributed by atoms with Crippen LogP contribution in [-0.2, 0) is 9.53 Å². The second kappa shape index (κ2) is 4.27. The van der Waals surface area contributed by atoms with Crippen LogP contribution in [0.3, 0.4) is 0 Å². The molecule has 2 rings (SSSR count). The van der Waals surface area contributed by atoms with Gasteiger partial charge in [0.1, 0.15) is 0 Å². The van der Waals surface area contributed by atoms with E-state index >= 15 is 0 Å². The van der Waals surface area contributed by atoms with Crippen molar-refractivity contribution in [1.82, 2.24) is 0 Å². The Kier molecular flexibility index (Phi) is 3.23. The number of aliphatic hydroxyl groups is 1. The van der Waals surface area contributed by atoms with E-state index in [1.165, 1.54) is 20.0 Å². The number of hydrogen-bond donors (Lipinski definition) is 1. The molecule has 0 amide bonds. The Morgan fingerprint density at radius 2 is 2.00 bits per heavy atom. The summed E-state index contributed by atoms with van der Waals surface area (Å²) in [7, 11) is 1.35. The van der Waals surface area contributed by atoms with Crippen LogP contribution >= 0.6 is 0 Å². The minimum atomic E-state index is -0.911. The summed E-state index contributed by atoms with van der Waals surface area (Å²) in [4.78, 5) is 11.5. The van der Waals surface area contributed by atoms with E-state index in [1.807, 2.05) is 0 Å². The highest BCUT2D eigenvalue weighted by atomic mass is 16.5. The molecule has 0 bridgehead atoms. The molecule has 3 heteroatoms. The van der Waals surface area contributed by atoms with Crippen molar-refractivity contribution < 1.29 is 14.6 Å². The fraction of sp³-hybridized carbons (Fsp3) is 0.929. The van der Waals surface area contributed by atoms with E-state index in [0.717, 1.165) is 25.7 Å². The molecule has 0 saturated heterocycles. The van der Waals surface area contributed by atoms with Gasteiger partial charge in [-0.25, -0.2) is 4.79 Å². The maximum absolute atomic E-state index is 11.5. The monoisotopic (exact) mass is 240 g/mol. The molecule has 0 heterocycles. The molecule has 0 spiro atoms. The third-order valence-electron chi connectivity index (χ3n) is 4.81. The topological polar surface area (TPSA) is 46.5 Å². The largest absolute Gasteiger partial charge is 0.467 e. The van der Waals surface area contributed by atoms with Gasteiger partial charge in [-0.05, 0) is 43.4 Å². The Hall–Kier alpha value is -0.570. The van der Waals surface area contributed by atoms with Crippen molar-refractivity contribution in [3.63, 3.8) is 0 Å². The summed E-state index contributed by atoms with van der Waals surface area (Å²) < 4.78 is 4.69. The molecule has 0 aromatic carbocycles. The SMILES string of the molecule is COC(=O)C(O)C1(C2CCCC(C)(C)C2)CC1. The number of carbonyl (C=O) groups is 1. The summed E-state index contributed by atoms with van der Waals surface area (Å²) in [5, 5.41) is 10.2. The zero-order chi connectivity index (χ0) is 12.7. The van der Waals surface area contributed by atoms with Crippen molar-refractivity contribution >= 4 is 5.97 Å². The van der Waals surface area contributed by atoms with Gasteiger partial charge in [-0.2, -0.15) is 0 Å². The zero-order valence-corrected chi connectivity index (χ0v) is 11.2. The van der Waals surface area contributed by atoms with Gasteiger partial charge in [0.15, 0.2) is 6.10 Å². The maximum atomic E-state index is 11.5. The molecule has 2 aliphatic carbocycles. The van der Waals surface area contributed by atoms with Gasteiger partial charge in [0.05, 0.1) is 7.11 Å². The van der Waals surface area contributed by atoms with Crippen LogP contribution in [-0.4, -0.2) is 24.3 Å². The predicted molar refractivity (Wildman–Crippen MR) is 65.4 cm³/mol. The van der Waals surface area contributed by atoms with E-state index in [-0.39, 0.29) is 5.41 Å². The molecule has 98 valence electrons. The van der Waals surface area contributed by atoms with Crippen molar-refractivity contribution in [1.29, 1.82) is 0 Å². The van der Waals surface area contributed by atoms with Gasteiger partial charge >= 0.3 is 5.97 Å². The minimum absolute atomic E-state index is 0.162. The van der Waals surface area contributed by atoms with Gasteiger partial charge in [0.25, 0.3) is 0 Å². The van der Waals surface area contributed by atoms with Crippen LogP contribution in [0.15, 0.2) is 0 Å². The third-order valence-corrected chi connectivity index (χ3v) is 4.81. The summed E-state index contributed by atoms with van der Waals surface area (Å²) in [6.07, 6.45) is 5.79. The number of ether oxygens (including phenoxy) is 1. The van der Waals surface area contributed by atoms with E-state index in [2.05, 4.69) is 13.8 Å². The van der Waals surface area contributed by atoms with Crippen molar-refractivity contribution in [3.05, 3.63) is 0 Å². The van der Waals surface area contributed by atoms with Gasteiger partial charge in [-0.15, -0.1) is 0 Å². The summed E-state index contributed by atoms with van der Waals surface area (Å²) in [6, 6.07) is 0. The highest BCUT2D eigenvalue weighted by Crippen LogP contribution is 2.61. The standard InChI is InChI=1S/C14H24O3/c1-13(2)6-4-5-10(9-13)14(7-8-14)11(15)12(16)17-3/h10-11,15H,4-9H2,1-3H3. The average molecular weight is 240 g/mol. The van der Waals surface area contributed by atoms with Gasteiger partial charge in [0, 0.05) is 5.41 Å². The zero-order valence-electron chi connectivity index (χ0n) is 11.2. The number of methoxy groups -OCH3 is 1. The van der Waals surface area contributed by atoms with E-state index in [9.17, 15) is 9.90 Å². The fourth-order valence-corrected chi connectivity index (χ4v) is 3.58. The molecule has 1 N–H and O–H groups in total. The molecule has 0 aromatic rings. The number of hydrogen-bond acceptors (Lipinski definition) is 3. The minimum Gasteiger partial charge on any atom is -0.467 e. The van der Waals surface area contributed by atoms with Crippen LogP contribution in [0.25, 0.3) is 0 Å². The third kappa shape index (κ3) is 2.35. The van der Waals surface area contributed by atoms with Crippen LogP contribution < -0.4 is 0 Å². The summed E-state index contributed by atoms with van der Waals surface area (Å²) in [6.45, 7) is 4.58. The summed E-state index contributed by atoms with van der Waals surface area (Å²) >= 11 is 0. The number of carbonyl (C=O) groups excluding carboxylic acids is 1. The van der Waals surface area contributed by atoms with Crippen LogP contribution in [0.1, 0.15) is 52.4 Å². The molecule has 2 fully saturated rings. The van der Waals surface area contributed by atoms with Gasteiger partial charge in [0.2, 0.25) is 0 Å². The van der Waals surface area contributed by atoms with E-state index < -0.39 is 12.1 Å². The van der Waals surface area contributed by atoms with Crippen LogP contribution in [0.4, 0.5) is 0 Å². The molecule has 2 saturated carbocycles. The van der Waals surface area contributed by atoms with E-state index in [4.69, 9.17) is 4.74 Å². The van der Waals surface area contributed by atoms with Crippen molar-refractivity contribution in [3.8, 4) is 0 Å². The lowest BCUT2D eigenvalue weighted by molar-refractivity contribution is -0.157. The number of esters is 1. The van der Waals surface area contributed by atoms with Gasteiger partial charge < -0.3 is 9.84 Å². The van der Waals surface area contributed by atoms with Crippen LogP contribution in [0.2, 0.25) is 0 Å². The first-order chi connectivity index (χ1) is 7.91. The average Bonchev–Trinajstić information content (AvgIpc) is 3.07. The molecule has 0 aliphatic heterocycles. The van der Waals surface area contributed by atoms with Crippen molar-refractivity contribution in [2.45, 2.75) is 58.5 Å². The molecule has 17 heavy (non-hydrogen) atoms. The lowest BCUT2D eigenvalue weighted by atomic mass is 9.65. The molecule has 2 unspecified atom stereocenters. The first kappa shape index (κ1) is 12.9. The van der Waals surface area contributed by atoms with E-state index in [0.29, 0.717) is 11.3 Å². The fourth-order valence-electron chi connectivity index (χ4n) is 3.58. The summed E-state index contributed by atoms with van der Waals surface area (Å²) in [5.41, 5.74) is 0.194. The highest BCUT2D eigenvalue weighted by molar-refractivity contribution is 5.76.